The number of aromatic nitrogens is 1. The SMILES string of the molecule is CC(C)(C)c1ncc(-c2cccc(C#N)c2)s1. The summed E-state index contributed by atoms with van der Waals surface area (Å²) in [4.78, 5) is 5.57. The van der Waals surface area contributed by atoms with Crippen LogP contribution in [0.15, 0.2) is 30.5 Å². The van der Waals surface area contributed by atoms with Crippen molar-refractivity contribution in [1.82, 2.24) is 4.98 Å². The van der Waals surface area contributed by atoms with E-state index in [0.29, 0.717) is 5.56 Å². The van der Waals surface area contributed by atoms with Crippen LogP contribution < -0.4 is 0 Å². The van der Waals surface area contributed by atoms with Gasteiger partial charge in [0.25, 0.3) is 0 Å². The highest BCUT2D eigenvalue weighted by atomic mass is 32.1. The number of rotatable bonds is 1. The van der Waals surface area contributed by atoms with Gasteiger partial charge in [-0.1, -0.05) is 32.9 Å². The molecule has 1 heterocycles. The van der Waals surface area contributed by atoms with Crippen molar-refractivity contribution in [2.45, 2.75) is 26.2 Å². The van der Waals surface area contributed by atoms with E-state index in [1.54, 1.807) is 11.3 Å². The fraction of sp³-hybridized carbons (Fsp3) is 0.286. The maximum atomic E-state index is 8.88. The summed E-state index contributed by atoms with van der Waals surface area (Å²) in [6, 6.07) is 9.80. The summed E-state index contributed by atoms with van der Waals surface area (Å²) < 4.78 is 0. The number of hydrogen-bond acceptors (Lipinski definition) is 3. The molecule has 0 aliphatic rings. The molecule has 0 fully saturated rings. The van der Waals surface area contributed by atoms with Gasteiger partial charge in [0.05, 0.1) is 21.5 Å². The molecule has 0 atom stereocenters. The molecular weight excluding hydrogens is 228 g/mol. The van der Waals surface area contributed by atoms with Crippen molar-refractivity contribution >= 4 is 11.3 Å². The summed E-state index contributed by atoms with van der Waals surface area (Å²) in [6.07, 6.45) is 1.89. The summed E-state index contributed by atoms with van der Waals surface area (Å²) >= 11 is 1.69. The van der Waals surface area contributed by atoms with Crippen LogP contribution >= 0.6 is 11.3 Å². The Bertz CT molecular complexity index is 570. The average Bonchev–Trinajstić information content (AvgIpc) is 2.78. The molecule has 1 aromatic heterocycles. The molecule has 0 unspecified atom stereocenters. The van der Waals surface area contributed by atoms with Gasteiger partial charge < -0.3 is 0 Å². The second-order valence-corrected chi connectivity index (χ2v) is 6.00. The van der Waals surface area contributed by atoms with E-state index in [2.05, 4.69) is 31.8 Å². The van der Waals surface area contributed by atoms with Crippen molar-refractivity contribution in [1.29, 1.82) is 5.26 Å². The first-order chi connectivity index (χ1) is 8.00. The number of nitriles is 1. The van der Waals surface area contributed by atoms with Crippen LogP contribution in [-0.2, 0) is 5.41 Å². The third kappa shape index (κ3) is 2.54. The zero-order valence-electron chi connectivity index (χ0n) is 10.2. The summed E-state index contributed by atoms with van der Waals surface area (Å²) in [7, 11) is 0. The molecule has 0 aliphatic carbocycles. The molecule has 0 saturated heterocycles. The number of nitrogens with zero attached hydrogens (tertiary/aromatic N) is 2. The van der Waals surface area contributed by atoms with E-state index in [4.69, 9.17) is 5.26 Å². The van der Waals surface area contributed by atoms with Gasteiger partial charge in [-0.05, 0) is 17.7 Å². The molecule has 3 heteroatoms. The first kappa shape index (κ1) is 11.8. The van der Waals surface area contributed by atoms with Crippen molar-refractivity contribution in [3.63, 3.8) is 0 Å². The van der Waals surface area contributed by atoms with Crippen molar-refractivity contribution in [3.8, 4) is 16.5 Å². The van der Waals surface area contributed by atoms with E-state index in [1.807, 2.05) is 30.5 Å². The van der Waals surface area contributed by atoms with Crippen LogP contribution in [0.1, 0.15) is 31.3 Å². The lowest BCUT2D eigenvalue weighted by Gasteiger charge is -2.13. The third-order valence-corrected chi connectivity index (χ3v) is 3.90. The van der Waals surface area contributed by atoms with Gasteiger partial charge in [0.2, 0.25) is 0 Å². The fourth-order valence-corrected chi connectivity index (χ4v) is 2.47. The van der Waals surface area contributed by atoms with Gasteiger partial charge in [0, 0.05) is 11.6 Å². The molecule has 0 bridgehead atoms. The van der Waals surface area contributed by atoms with Gasteiger partial charge in [-0.3, -0.25) is 0 Å². The quantitative estimate of drug-likeness (QED) is 0.758. The van der Waals surface area contributed by atoms with Crippen molar-refractivity contribution < 1.29 is 0 Å². The molecule has 86 valence electrons. The van der Waals surface area contributed by atoms with E-state index in [0.717, 1.165) is 15.4 Å². The topological polar surface area (TPSA) is 36.7 Å². The van der Waals surface area contributed by atoms with Crippen molar-refractivity contribution in [2.75, 3.05) is 0 Å². The predicted octanol–water partition coefficient (Wildman–Crippen LogP) is 3.98. The van der Waals surface area contributed by atoms with E-state index >= 15 is 0 Å². The largest absolute Gasteiger partial charge is 0.248 e. The summed E-state index contributed by atoms with van der Waals surface area (Å²) in [5.74, 6) is 0. The summed E-state index contributed by atoms with van der Waals surface area (Å²) in [5.41, 5.74) is 1.83. The second-order valence-electron chi connectivity index (χ2n) is 4.97. The Balaban J connectivity index is 2.41. The highest BCUT2D eigenvalue weighted by molar-refractivity contribution is 7.15. The van der Waals surface area contributed by atoms with Crippen molar-refractivity contribution in [2.24, 2.45) is 0 Å². The molecule has 0 spiro atoms. The average molecular weight is 242 g/mol. The summed E-state index contributed by atoms with van der Waals surface area (Å²) in [6.45, 7) is 6.46. The lowest BCUT2D eigenvalue weighted by atomic mass is 9.98. The van der Waals surface area contributed by atoms with Crippen LogP contribution in [0.3, 0.4) is 0 Å². The number of hydrogen-bond donors (Lipinski definition) is 0. The van der Waals surface area contributed by atoms with E-state index < -0.39 is 0 Å². The molecule has 0 aliphatic heterocycles. The van der Waals surface area contributed by atoms with Gasteiger partial charge in [0.15, 0.2) is 0 Å². The Kier molecular flexibility index (Phi) is 2.99. The Hall–Kier alpha value is -1.66. The van der Waals surface area contributed by atoms with Gasteiger partial charge >= 0.3 is 0 Å². The molecule has 0 radical (unpaired) electrons. The standard InChI is InChI=1S/C14H14N2S/c1-14(2,3)13-16-9-12(17-13)11-6-4-5-10(7-11)8-15/h4-7,9H,1-3H3. The van der Waals surface area contributed by atoms with Crippen LogP contribution in [0.4, 0.5) is 0 Å². The molecule has 17 heavy (non-hydrogen) atoms. The monoisotopic (exact) mass is 242 g/mol. The first-order valence-electron chi connectivity index (χ1n) is 5.47. The smallest absolute Gasteiger partial charge is 0.0991 e. The minimum Gasteiger partial charge on any atom is -0.248 e. The van der Waals surface area contributed by atoms with Crippen LogP contribution in [0.2, 0.25) is 0 Å². The van der Waals surface area contributed by atoms with Crippen LogP contribution in [0, 0.1) is 11.3 Å². The Labute approximate surface area is 106 Å². The molecule has 1 aromatic carbocycles. The van der Waals surface area contributed by atoms with Gasteiger partial charge in [0.1, 0.15) is 0 Å². The predicted molar refractivity (Wildman–Crippen MR) is 71.0 cm³/mol. The van der Waals surface area contributed by atoms with E-state index in [1.165, 1.54) is 0 Å². The maximum Gasteiger partial charge on any atom is 0.0991 e. The molecule has 2 rings (SSSR count). The molecule has 0 amide bonds. The van der Waals surface area contributed by atoms with Crippen molar-refractivity contribution in [3.05, 3.63) is 41.0 Å². The number of thiazole rings is 1. The molecule has 2 nitrogen and oxygen atoms in total. The lowest BCUT2D eigenvalue weighted by Crippen LogP contribution is -2.09. The normalized spacial score (nSPS) is 11.2. The Morgan fingerprint density at radius 2 is 2.06 bits per heavy atom. The fourth-order valence-electron chi connectivity index (χ4n) is 1.50. The minimum absolute atomic E-state index is 0.0791. The maximum absolute atomic E-state index is 8.88. The highest BCUT2D eigenvalue weighted by Gasteiger charge is 2.18. The van der Waals surface area contributed by atoms with Gasteiger partial charge in [-0.15, -0.1) is 11.3 Å². The van der Waals surface area contributed by atoms with E-state index in [-0.39, 0.29) is 5.41 Å². The molecule has 0 saturated carbocycles. The van der Waals surface area contributed by atoms with Crippen LogP contribution in [0.25, 0.3) is 10.4 Å². The number of benzene rings is 1. The Morgan fingerprint density at radius 1 is 1.29 bits per heavy atom. The molecule has 2 aromatic rings. The minimum atomic E-state index is 0.0791. The second kappa shape index (κ2) is 4.31. The van der Waals surface area contributed by atoms with Crippen LogP contribution in [0.5, 0.6) is 0 Å². The van der Waals surface area contributed by atoms with E-state index in [9.17, 15) is 0 Å². The third-order valence-electron chi connectivity index (χ3n) is 2.42. The van der Waals surface area contributed by atoms with Crippen LogP contribution in [-0.4, -0.2) is 4.98 Å². The Morgan fingerprint density at radius 3 is 2.65 bits per heavy atom. The first-order valence-corrected chi connectivity index (χ1v) is 6.29. The molecule has 0 N–H and O–H groups in total. The van der Waals surface area contributed by atoms with Gasteiger partial charge in [-0.2, -0.15) is 5.26 Å². The summed E-state index contributed by atoms with van der Waals surface area (Å²) in [5, 5.41) is 10.0. The zero-order chi connectivity index (χ0) is 12.5. The zero-order valence-corrected chi connectivity index (χ0v) is 11.0. The lowest BCUT2D eigenvalue weighted by molar-refractivity contribution is 0.585. The van der Waals surface area contributed by atoms with Gasteiger partial charge in [-0.25, -0.2) is 4.98 Å². The highest BCUT2D eigenvalue weighted by Crippen LogP contribution is 2.32. The molecular formula is C14H14N2S.